The summed E-state index contributed by atoms with van der Waals surface area (Å²) < 4.78 is 16.1. The number of hydrogen-bond donors (Lipinski definition) is 2. The van der Waals surface area contributed by atoms with E-state index in [0.29, 0.717) is 36.7 Å². The Morgan fingerprint density at radius 2 is 1.84 bits per heavy atom. The molecule has 0 bridgehead atoms. The Morgan fingerprint density at radius 3 is 2.41 bits per heavy atom. The van der Waals surface area contributed by atoms with Crippen LogP contribution in [0.3, 0.4) is 0 Å². The molecule has 2 N–H and O–H groups in total. The average Bonchev–Trinajstić information content (AvgIpc) is 3.19. The van der Waals surface area contributed by atoms with Gasteiger partial charge >= 0.3 is 12.1 Å². The average molecular weight is 453 g/mol. The standard InChI is InChI=1S/C22H32N2O8/c1-14(2)24(12-16-11-23(22(28)29)13-17(16)21(26)27)20(25)15-6-7-18(31-4)19(10-15)32-9-5-8-30-3/h6-7,10,14,16-17H,5,8-9,11-13H2,1-4H3,(H,26,27)(H,28,29)/t16-,17+/m0/s1. The van der Waals surface area contributed by atoms with Crippen LogP contribution in [0, 0.1) is 11.8 Å². The summed E-state index contributed by atoms with van der Waals surface area (Å²) in [7, 11) is 3.12. The largest absolute Gasteiger partial charge is 0.493 e. The number of carbonyl (C=O) groups is 3. The van der Waals surface area contributed by atoms with E-state index in [1.165, 1.54) is 7.11 Å². The zero-order chi connectivity index (χ0) is 23.8. The Bertz CT molecular complexity index is 813. The molecule has 10 heteroatoms. The second-order valence-electron chi connectivity index (χ2n) is 8.00. The van der Waals surface area contributed by atoms with Crippen molar-refractivity contribution in [2.75, 3.05) is 47.1 Å². The molecule has 178 valence electrons. The van der Waals surface area contributed by atoms with E-state index in [0.717, 1.165) is 4.90 Å². The molecule has 1 aliphatic heterocycles. The van der Waals surface area contributed by atoms with Crippen molar-refractivity contribution in [1.82, 2.24) is 9.80 Å². The number of likely N-dealkylation sites (tertiary alicyclic amines) is 1. The molecule has 2 amide bonds. The van der Waals surface area contributed by atoms with Gasteiger partial charge in [-0.15, -0.1) is 0 Å². The van der Waals surface area contributed by atoms with Crippen LogP contribution in [0.15, 0.2) is 18.2 Å². The number of aliphatic carboxylic acids is 1. The lowest BCUT2D eigenvalue weighted by Crippen LogP contribution is -2.43. The molecule has 0 aliphatic carbocycles. The molecule has 0 unspecified atom stereocenters. The van der Waals surface area contributed by atoms with Gasteiger partial charge in [0.1, 0.15) is 0 Å². The van der Waals surface area contributed by atoms with E-state index in [1.54, 1.807) is 30.2 Å². The van der Waals surface area contributed by atoms with Crippen LogP contribution < -0.4 is 9.47 Å². The molecule has 0 spiro atoms. The zero-order valence-corrected chi connectivity index (χ0v) is 18.9. The van der Waals surface area contributed by atoms with Gasteiger partial charge in [-0.2, -0.15) is 0 Å². The molecule has 2 rings (SSSR count). The normalized spacial score (nSPS) is 18.0. The summed E-state index contributed by atoms with van der Waals surface area (Å²) >= 11 is 0. The highest BCUT2D eigenvalue weighted by atomic mass is 16.5. The van der Waals surface area contributed by atoms with Gasteiger partial charge in [0.25, 0.3) is 5.91 Å². The monoisotopic (exact) mass is 452 g/mol. The van der Waals surface area contributed by atoms with Crippen molar-refractivity contribution in [3.05, 3.63) is 23.8 Å². The minimum atomic E-state index is -1.16. The SMILES string of the molecule is COCCCOc1cc(C(=O)N(C[C@@H]2CN(C(=O)O)C[C@H]2C(=O)O)C(C)C)ccc1OC. The van der Waals surface area contributed by atoms with Crippen molar-refractivity contribution in [2.24, 2.45) is 11.8 Å². The van der Waals surface area contributed by atoms with E-state index < -0.39 is 23.9 Å². The minimum absolute atomic E-state index is 0.0687. The van der Waals surface area contributed by atoms with E-state index >= 15 is 0 Å². The van der Waals surface area contributed by atoms with Crippen molar-refractivity contribution in [1.29, 1.82) is 0 Å². The quantitative estimate of drug-likeness (QED) is 0.490. The smallest absolute Gasteiger partial charge is 0.407 e. The Balaban J connectivity index is 2.22. The molecule has 1 heterocycles. The number of ether oxygens (including phenoxy) is 3. The highest BCUT2D eigenvalue weighted by Gasteiger charge is 2.41. The fraction of sp³-hybridized carbons (Fsp3) is 0.591. The van der Waals surface area contributed by atoms with Crippen molar-refractivity contribution < 1.29 is 38.8 Å². The fourth-order valence-electron chi connectivity index (χ4n) is 3.75. The zero-order valence-electron chi connectivity index (χ0n) is 18.9. The Kier molecular flexibility index (Phi) is 9.13. The number of carbonyl (C=O) groups excluding carboxylic acids is 1. The topological polar surface area (TPSA) is 126 Å². The molecule has 32 heavy (non-hydrogen) atoms. The molecule has 1 aromatic carbocycles. The first-order valence-electron chi connectivity index (χ1n) is 10.5. The molecule has 10 nitrogen and oxygen atoms in total. The molecular formula is C22H32N2O8. The number of benzene rings is 1. The number of methoxy groups -OCH3 is 2. The molecule has 0 aromatic heterocycles. The van der Waals surface area contributed by atoms with Crippen LogP contribution in [0.5, 0.6) is 11.5 Å². The maximum absolute atomic E-state index is 13.3. The predicted octanol–water partition coefficient (Wildman–Crippen LogP) is 2.27. The third-order valence-corrected chi connectivity index (χ3v) is 5.51. The van der Waals surface area contributed by atoms with Gasteiger partial charge in [0.05, 0.1) is 19.6 Å². The summed E-state index contributed by atoms with van der Waals surface area (Å²) in [5.74, 6) is -1.80. The van der Waals surface area contributed by atoms with Crippen LogP contribution in [0.25, 0.3) is 0 Å². The van der Waals surface area contributed by atoms with E-state index in [1.807, 2.05) is 13.8 Å². The van der Waals surface area contributed by atoms with E-state index in [2.05, 4.69) is 0 Å². The predicted molar refractivity (Wildman–Crippen MR) is 115 cm³/mol. The van der Waals surface area contributed by atoms with Gasteiger partial charge in [-0.25, -0.2) is 4.79 Å². The fourth-order valence-corrected chi connectivity index (χ4v) is 3.75. The minimum Gasteiger partial charge on any atom is -0.493 e. The summed E-state index contributed by atoms with van der Waals surface area (Å²) in [4.78, 5) is 39.0. The third kappa shape index (κ3) is 6.25. The number of hydrogen-bond acceptors (Lipinski definition) is 6. The second kappa shape index (κ2) is 11.6. The van der Waals surface area contributed by atoms with Gasteiger partial charge < -0.3 is 34.2 Å². The molecule has 1 aliphatic rings. The highest BCUT2D eigenvalue weighted by molar-refractivity contribution is 5.95. The van der Waals surface area contributed by atoms with Crippen LogP contribution in [-0.2, 0) is 9.53 Å². The molecule has 1 fully saturated rings. The maximum atomic E-state index is 13.3. The second-order valence-corrected chi connectivity index (χ2v) is 8.00. The van der Waals surface area contributed by atoms with E-state index in [-0.39, 0.29) is 31.6 Å². The van der Waals surface area contributed by atoms with Crippen molar-refractivity contribution in [3.63, 3.8) is 0 Å². The van der Waals surface area contributed by atoms with Crippen LogP contribution in [0.4, 0.5) is 4.79 Å². The van der Waals surface area contributed by atoms with Gasteiger partial charge in [0.2, 0.25) is 0 Å². The summed E-state index contributed by atoms with van der Waals surface area (Å²) in [5.41, 5.74) is 0.376. The molecular weight excluding hydrogens is 420 g/mol. The van der Waals surface area contributed by atoms with Crippen LogP contribution in [0.2, 0.25) is 0 Å². The number of carboxylic acid groups (broad SMARTS) is 2. The highest BCUT2D eigenvalue weighted by Crippen LogP contribution is 2.30. The molecule has 1 saturated heterocycles. The Hall–Kier alpha value is -3.01. The molecule has 0 radical (unpaired) electrons. The summed E-state index contributed by atoms with van der Waals surface area (Å²) in [6, 6.07) is 4.67. The Morgan fingerprint density at radius 1 is 1.12 bits per heavy atom. The van der Waals surface area contributed by atoms with Crippen molar-refractivity contribution >= 4 is 18.0 Å². The lowest BCUT2D eigenvalue weighted by atomic mass is 9.95. The first kappa shape index (κ1) is 25.3. The summed E-state index contributed by atoms with van der Waals surface area (Å²) in [5, 5.41) is 18.8. The Labute approximate surface area is 187 Å². The number of nitrogens with zero attached hydrogens (tertiary/aromatic N) is 2. The molecule has 2 atom stereocenters. The maximum Gasteiger partial charge on any atom is 0.407 e. The summed E-state index contributed by atoms with van der Waals surface area (Å²) in [6.07, 6.45) is -0.486. The van der Waals surface area contributed by atoms with Gasteiger partial charge in [-0.3, -0.25) is 9.59 Å². The summed E-state index contributed by atoms with van der Waals surface area (Å²) in [6.45, 7) is 4.72. The third-order valence-electron chi connectivity index (χ3n) is 5.51. The molecule has 0 saturated carbocycles. The molecule has 1 aromatic rings. The van der Waals surface area contributed by atoms with E-state index in [4.69, 9.17) is 14.2 Å². The van der Waals surface area contributed by atoms with E-state index in [9.17, 15) is 24.6 Å². The van der Waals surface area contributed by atoms with Gasteiger partial charge in [0, 0.05) is 57.3 Å². The number of amides is 2. The van der Waals surface area contributed by atoms with Crippen molar-refractivity contribution in [3.8, 4) is 11.5 Å². The van der Waals surface area contributed by atoms with Crippen LogP contribution in [0.1, 0.15) is 30.6 Å². The number of rotatable bonds is 11. The van der Waals surface area contributed by atoms with Crippen molar-refractivity contribution in [2.45, 2.75) is 26.3 Å². The lowest BCUT2D eigenvalue weighted by molar-refractivity contribution is -0.142. The van der Waals surface area contributed by atoms with Crippen LogP contribution in [-0.4, -0.2) is 91.1 Å². The van der Waals surface area contributed by atoms with Crippen LogP contribution >= 0.6 is 0 Å². The lowest BCUT2D eigenvalue weighted by Gasteiger charge is -2.31. The first-order valence-corrected chi connectivity index (χ1v) is 10.5. The van der Waals surface area contributed by atoms with Gasteiger partial charge in [-0.1, -0.05) is 0 Å². The number of carboxylic acids is 1. The first-order chi connectivity index (χ1) is 15.2. The van der Waals surface area contributed by atoms with Gasteiger partial charge in [-0.05, 0) is 32.0 Å². The van der Waals surface area contributed by atoms with Gasteiger partial charge in [0.15, 0.2) is 11.5 Å².